The van der Waals surface area contributed by atoms with E-state index in [4.69, 9.17) is 0 Å². The number of hydrogen-bond donors (Lipinski definition) is 0. The molecule has 0 saturated carbocycles. The van der Waals surface area contributed by atoms with Crippen LogP contribution in [0.25, 0.3) is 0 Å². The molecule has 2 heterocycles. The predicted molar refractivity (Wildman–Crippen MR) is 61.9 cm³/mol. The molecule has 0 aliphatic carbocycles. The highest BCUT2D eigenvalue weighted by molar-refractivity contribution is 8.01. The SMILES string of the molecule is Cc1csc(=O)c(Sc2nnc(C)s2)n1. The maximum absolute atomic E-state index is 11.5. The van der Waals surface area contributed by atoms with E-state index in [0.29, 0.717) is 5.03 Å². The Balaban J connectivity index is 2.31. The number of nitrogens with zero attached hydrogens (tertiary/aromatic N) is 3. The molecule has 15 heavy (non-hydrogen) atoms. The van der Waals surface area contributed by atoms with Gasteiger partial charge in [-0.3, -0.25) is 4.79 Å². The Morgan fingerprint density at radius 1 is 1.33 bits per heavy atom. The zero-order valence-electron chi connectivity index (χ0n) is 8.05. The van der Waals surface area contributed by atoms with Crippen molar-refractivity contribution in [2.24, 2.45) is 0 Å². The first-order valence-corrected chi connectivity index (χ1v) is 6.61. The van der Waals surface area contributed by atoms with Gasteiger partial charge in [-0.05, 0) is 25.6 Å². The highest BCUT2D eigenvalue weighted by atomic mass is 32.2. The predicted octanol–water partition coefficient (Wildman–Crippen LogP) is 2.12. The largest absolute Gasteiger partial charge is 0.275 e. The molecule has 7 heteroatoms. The fourth-order valence-corrected chi connectivity index (χ4v) is 3.34. The summed E-state index contributed by atoms with van der Waals surface area (Å²) in [6, 6.07) is 0. The molecule has 0 unspecified atom stereocenters. The van der Waals surface area contributed by atoms with Crippen molar-refractivity contribution in [3.8, 4) is 0 Å². The van der Waals surface area contributed by atoms with Gasteiger partial charge in [-0.2, -0.15) is 0 Å². The number of aromatic nitrogens is 3. The van der Waals surface area contributed by atoms with Crippen LogP contribution in [0.2, 0.25) is 0 Å². The summed E-state index contributed by atoms with van der Waals surface area (Å²) in [5, 5.41) is 10.9. The van der Waals surface area contributed by atoms with Gasteiger partial charge in [-0.25, -0.2) is 4.98 Å². The molecule has 0 bridgehead atoms. The quantitative estimate of drug-likeness (QED) is 0.825. The van der Waals surface area contributed by atoms with Crippen LogP contribution in [0.4, 0.5) is 0 Å². The van der Waals surface area contributed by atoms with Crippen molar-refractivity contribution in [3.63, 3.8) is 0 Å². The first-order valence-electron chi connectivity index (χ1n) is 4.09. The van der Waals surface area contributed by atoms with Crippen LogP contribution < -0.4 is 4.74 Å². The van der Waals surface area contributed by atoms with E-state index in [1.807, 2.05) is 13.8 Å². The van der Waals surface area contributed by atoms with Crippen LogP contribution in [0.3, 0.4) is 0 Å². The van der Waals surface area contributed by atoms with Gasteiger partial charge >= 0.3 is 0 Å². The highest BCUT2D eigenvalue weighted by Crippen LogP contribution is 2.26. The maximum atomic E-state index is 11.5. The van der Waals surface area contributed by atoms with Crippen LogP contribution in [0.1, 0.15) is 10.7 Å². The Morgan fingerprint density at radius 2 is 2.13 bits per heavy atom. The molecule has 0 spiro atoms. The Morgan fingerprint density at radius 3 is 2.80 bits per heavy atom. The second-order valence-electron chi connectivity index (χ2n) is 2.77. The summed E-state index contributed by atoms with van der Waals surface area (Å²) in [6.45, 7) is 3.75. The highest BCUT2D eigenvalue weighted by Gasteiger charge is 2.08. The number of rotatable bonds is 2. The Kier molecular flexibility index (Phi) is 3.13. The maximum Gasteiger partial charge on any atom is 0.265 e. The molecule has 0 N–H and O–H groups in total. The average Bonchev–Trinajstić information content (AvgIpc) is 2.58. The fourth-order valence-electron chi connectivity index (χ4n) is 0.888. The standard InChI is InChI=1S/C8H7N3OS3/c1-4-3-13-7(12)6(9-4)15-8-11-10-5(2)14-8/h3H,1-2H3. The van der Waals surface area contributed by atoms with Crippen LogP contribution in [0, 0.1) is 13.8 Å². The molecule has 78 valence electrons. The van der Waals surface area contributed by atoms with E-state index in [1.165, 1.54) is 23.1 Å². The molecule has 2 aromatic heterocycles. The van der Waals surface area contributed by atoms with E-state index in [9.17, 15) is 4.79 Å². The summed E-state index contributed by atoms with van der Waals surface area (Å²) in [5.41, 5.74) is 0.850. The molecule has 4 nitrogen and oxygen atoms in total. The minimum absolute atomic E-state index is 0.0292. The van der Waals surface area contributed by atoms with E-state index in [2.05, 4.69) is 15.2 Å². The fraction of sp³-hybridized carbons (Fsp3) is 0.250. The van der Waals surface area contributed by atoms with Gasteiger partial charge in [0.15, 0.2) is 9.37 Å². The third-order valence-corrected chi connectivity index (χ3v) is 4.34. The lowest BCUT2D eigenvalue weighted by atomic mass is 10.6. The van der Waals surface area contributed by atoms with Crippen molar-refractivity contribution in [2.75, 3.05) is 0 Å². The zero-order valence-corrected chi connectivity index (χ0v) is 10.5. The van der Waals surface area contributed by atoms with E-state index in [0.717, 1.165) is 26.4 Å². The topological polar surface area (TPSA) is 55.7 Å². The van der Waals surface area contributed by atoms with E-state index >= 15 is 0 Å². The van der Waals surface area contributed by atoms with E-state index in [1.54, 1.807) is 5.38 Å². The molecule has 0 fully saturated rings. The van der Waals surface area contributed by atoms with Crippen molar-refractivity contribution in [3.05, 3.63) is 25.6 Å². The molecule has 0 aromatic carbocycles. The van der Waals surface area contributed by atoms with Crippen LogP contribution >= 0.6 is 34.4 Å². The van der Waals surface area contributed by atoms with Gasteiger partial charge in [0.05, 0.1) is 0 Å². The van der Waals surface area contributed by atoms with E-state index in [-0.39, 0.29) is 4.74 Å². The second kappa shape index (κ2) is 4.38. The lowest BCUT2D eigenvalue weighted by Gasteiger charge is -1.94. The van der Waals surface area contributed by atoms with Gasteiger partial charge in [0.2, 0.25) is 0 Å². The van der Waals surface area contributed by atoms with Gasteiger partial charge in [-0.1, -0.05) is 22.7 Å². The summed E-state index contributed by atoms with van der Waals surface area (Å²) >= 11 is 3.91. The van der Waals surface area contributed by atoms with Crippen molar-refractivity contribution in [1.29, 1.82) is 0 Å². The molecule has 0 radical (unpaired) electrons. The Bertz CT molecular complexity index is 534. The molecule has 2 aromatic rings. The van der Waals surface area contributed by atoms with Gasteiger partial charge in [0.25, 0.3) is 4.74 Å². The monoisotopic (exact) mass is 257 g/mol. The molecular formula is C8H7N3OS3. The number of hydrogen-bond acceptors (Lipinski definition) is 7. The molecule has 0 atom stereocenters. The van der Waals surface area contributed by atoms with Gasteiger partial charge in [0, 0.05) is 11.1 Å². The van der Waals surface area contributed by atoms with Crippen molar-refractivity contribution >= 4 is 34.4 Å². The van der Waals surface area contributed by atoms with Crippen LogP contribution in [0.15, 0.2) is 19.5 Å². The first-order chi connectivity index (χ1) is 7.15. The summed E-state index contributed by atoms with van der Waals surface area (Å²) in [5.74, 6) is 0. The summed E-state index contributed by atoms with van der Waals surface area (Å²) < 4.78 is 0.730. The van der Waals surface area contributed by atoms with Gasteiger partial charge < -0.3 is 0 Å². The van der Waals surface area contributed by atoms with Gasteiger partial charge in [0.1, 0.15) is 5.01 Å². The summed E-state index contributed by atoms with van der Waals surface area (Å²) in [7, 11) is 0. The Labute approximate surface area is 98.4 Å². The summed E-state index contributed by atoms with van der Waals surface area (Å²) in [4.78, 5) is 15.7. The smallest absolute Gasteiger partial charge is 0.265 e. The molecular weight excluding hydrogens is 250 g/mol. The van der Waals surface area contributed by atoms with Crippen molar-refractivity contribution < 1.29 is 0 Å². The minimum atomic E-state index is -0.0292. The third kappa shape index (κ3) is 2.61. The average molecular weight is 257 g/mol. The molecule has 0 amide bonds. The third-order valence-electron chi connectivity index (χ3n) is 1.48. The van der Waals surface area contributed by atoms with Crippen molar-refractivity contribution in [1.82, 2.24) is 15.2 Å². The van der Waals surface area contributed by atoms with Crippen LogP contribution in [-0.2, 0) is 0 Å². The minimum Gasteiger partial charge on any atom is -0.275 e. The molecule has 0 aliphatic rings. The Hall–Kier alpha value is -0.790. The zero-order chi connectivity index (χ0) is 10.8. The normalized spacial score (nSPS) is 10.5. The first kappa shape index (κ1) is 10.7. The van der Waals surface area contributed by atoms with E-state index < -0.39 is 0 Å². The molecule has 0 saturated heterocycles. The van der Waals surface area contributed by atoms with Gasteiger partial charge in [-0.15, -0.1) is 10.2 Å². The lowest BCUT2D eigenvalue weighted by molar-refractivity contribution is 0.978. The summed E-state index contributed by atoms with van der Waals surface area (Å²) in [6.07, 6.45) is 0. The molecule has 0 aliphatic heterocycles. The number of aryl methyl sites for hydroxylation is 2. The van der Waals surface area contributed by atoms with Crippen molar-refractivity contribution in [2.45, 2.75) is 23.2 Å². The second-order valence-corrected chi connectivity index (χ2v) is 6.03. The van der Waals surface area contributed by atoms with Crippen LogP contribution in [0.5, 0.6) is 0 Å². The lowest BCUT2D eigenvalue weighted by Crippen LogP contribution is -2.01. The van der Waals surface area contributed by atoms with Crippen LogP contribution in [-0.4, -0.2) is 15.2 Å². The molecule has 2 rings (SSSR count).